The van der Waals surface area contributed by atoms with E-state index in [0.29, 0.717) is 11.8 Å². The van der Waals surface area contributed by atoms with Crippen molar-refractivity contribution < 1.29 is 4.39 Å². The molecule has 0 radical (unpaired) electrons. The van der Waals surface area contributed by atoms with Crippen LogP contribution in [0.25, 0.3) is 0 Å². The number of rotatable bonds is 5. The third-order valence-electron chi connectivity index (χ3n) is 2.95. The zero-order valence-corrected chi connectivity index (χ0v) is 9.96. The molecular weight excluding hydrogens is 187 g/mol. The second kappa shape index (κ2) is 5.89. The summed E-state index contributed by atoms with van der Waals surface area (Å²) in [5.41, 5.74) is 1.15. The third kappa shape index (κ3) is 3.65. The van der Waals surface area contributed by atoms with Crippen LogP contribution in [0.3, 0.4) is 0 Å². The van der Waals surface area contributed by atoms with E-state index in [2.05, 4.69) is 20.8 Å². The van der Waals surface area contributed by atoms with E-state index in [1.54, 1.807) is 6.07 Å². The Balaban J connectivity index is 2.79. The molecule has 0 amide bonds. The Morgan fingerprint density at radius 1 is 1.27 bits per heavy atom. The topological polar surface area (TPSA) is 0 Å². The summed E-state index contributed by atoms with van der Waals surface area (Å²) in [5, 5.41) is 0. The average molecular weight is 208 g/mol. The second-order valence-corrected chi connectivity index (χ2v) is 4.55. The van der Waals surface area contributed by atoms with Gasteiger partial charge in [-0.15, -0.1) is 0 Å². The Labute approximate surface area is 92.5 Å². The van der Waals surface area contributed by atoms with Crippen molar-refractivity contribution in [1.29, 1.82) is 0 Å². The Morgan fingerprint density at radius 3 is 2.53 bits per heavy atom. The zero-order chi connectivity index (χ0) is 11.3. The fourth-order valence-electron chi connectivity index (χ4n) is 2.05. The molecule has 15 heavy (non-hydrogen) atoms. The summed E-state index contributed by atoms with van der Waals surface area (Å²) >= 11 is 0. The number of hydrogen-bond acceptors (Lipinski definition) is 0. The summed E-state index contributed by atoms with van der Waals surface area (Å²) < 4.78 is 13.1. The maximum Gasteiger partial charge on any atom is 0.123 e. The van der Waals surface area contributed by atoms with E-state index < -0.39 is 0 Å². The molecule has 0 fully saturated rings. The molecule has 1 atom stereocenters. The molecule has 1 rings (SSSR count). The largest absolute Gasteiger partial charge is 0.207 e. The molecule has 0 N–H and O–H groups in total. The number of hydrogen-bond donors (Lipinski definition) is 0. The fourth-order valence-corrected chi connectivity index (χ4v) is 2.05. The van der Waals surface area contributed by atoms with Crippen LogP contribution in [0.4, 0.5) is 4.39 Å². The Hall–Kier alpha value is -0.850. The molecule has 0 spiro atoms. The summed E-state index contributed by atoms with van der Waals surface area (Å²) in [5.74, 6) is 0.966. The molecule has 0 saturated heterocycles. The lowest BCUT2D eigenvalue weighted by Crippen LogP contribution is -2.07. The average Bonchev–Trinajstić information content (AvgIpc) is 2.18. The van der Waals surface area contributed by atoms with Crippen molar-refractivity contribution in [1.82, 2.24) is 0 Å². The molecule has 0 aliphatic carbocycles. The van der Waals surface area contributed by atoms with Crippen LogP contribution in [-0.2, 0) is 0 Å². The first-order valence-corrected chi connectivity index (χ1v) is 5.90. The van der Waals surface area contributed by atoms with Crippen molar-refractivity contribution in [2.75, 3.05) is 0 Å². The van der Waals surface area contributed by atoms with E-state index in [0.717, 1.165) is 12.0 Å². The molecule has 0 nitrogen and oxygen atoms in total. The molecule has 0 saturated carbocycles. The highest BCUT2D eigenvalue weighted by atomic mass is 19.1. The van der Waals surface area contributed by atoms with Crippen LogP contribution in [0.1, 0.15) is 51.5 Å². The molecule has 0 bridgehead atoms. The fraction of sp³-hybridized carbons (Fsp3) is 0.571. The smallest absolute Gasteiger partial charge is 0.123 e. The van der Waals surface area contributed by atoms with Crippen LogP contribution >= 0.6 is 0 Å². The monoisotopic (exact) mass is 208 g/mol. The summed E-state index contributed by atoms with van der Waals surface area (Å²) in [4.78, 5) is 0. The van der Waals surface area contributed by atoms with Crippen LogP contribution in [-0.4, -0.2) is 0 Å². The first kappa shape index (κ1) is 12.2. The van der Waals surface area contributed by atoms with Gasteiger partial charge in [-0.1, -0.05) is 45.7 Å². The third-order valence-corrected chi connectivity index (χ3v) is 2.95. The highest BCUT2D eigenvalue weighted by molar-refractivity contribution is 5.21. The van der Waals surface area contributed by atoms with Gasteiger partial charge in [0.2, 0.25) is 0 Å². The van der Waals surface area contributed by atoms with E-state index in [1.165, 1.54) is 18.9 Å². The van der Waals surface area contributed by atoms with Gasteiger partial charge in [0, 0.05) is 0 Å². The highest BCUT2D eigenvalue weighted by Crippen LogP contribution is 2.29. The van der Waals surface area contributed by atoms with E-state index in [-0.39, 0.29) is 5.82 Å². The number of unbranched alkanes of at least 4 members (excludes halogenated alkanes) is 1. The minimum absolute atomic E-state index is 0.116. The summed E-state index contributed by atoms with van der Waals surface area (Å²) in [6.07, 6.45) is 3.59. The predicted octanol–water partition coefficient (Wildman–Crippen LogP) is 4.76. The van der Waals surface area contributed by atoms with E-state index in [9.17, 15) is 4.39 Å². The molecule has 0 aromatic heterocycles. The first-order chi connectivity index (χ1) is 7.15. The number of halogens is 1. The standard InChI is InChI=1S/C14H21F/c1-4-5-9-14(11(2)3)12-7-6-8-13(15)10-12/h6-8,10-11,14H,4-5,9H2,1-3H3. The van der Waals surface area contributed by atoms with E-state index in [4.69, 9.17) is 0 Å². The molecule has 0 aliphatic rings. The van der Waals surface area contributed by atoms with Crippen molar-refractivity contribution >= 4 is 0 Å². The molecule has 1 aromatic rings. The summed E-state index contributed by atoms with van der Waals surface area (Å²) in [6.45, 7) is 6.62. The lowest BCUT2D eigenvalue weighted by atomic mass is 9.84. The quantitative estimate of drug-likeness (QED) is 0.654. The lowest BCUT2D eigenvalue weighted by molar-refractivity contribution is 0.451. The summed E-state index contributed by atoms with van der Waals surface area (Å²) in [7, 11) is 0. The second-order valence-electron chi connectivity index (χ2n) is 4.55. The molecule has 1 aromatic carbocycles. The maximum atomic E-state index is 13.1. The van der Waals surface area contributed by atoms with Gasteiger partial charge in [0.05, 0.1) is 0 Å². The van der Waals surface area contributed by atoms with Crippen LogP contribution < -0.4 is 0 Å². The minimum Gasteiger partial charge on any atom is -0.207 e. The predicted molar refractivity (Wildman–Crippen MR) is 63.5 cm³/mol. The maximum absolute atomic E-state index is 13.1. The molecular formula is C14H21F. The van der Waals surface area contributed by atoms with E-state index >= 15 is 0 Å². The Kier molecular flexibility index (Phi) is 4.80. The van der Waals surface area contributed by atoms with Gasteiger partial charge in [-0.2, -0.15) is 0 Å². The SMILES string of the molecule is CCCCC(c1cccc(F)c1)C(C)C. The number of benzene rings is 1. The van der Waals surface area contributed by atoms with Gasteiger partial charge in [0.25, 0.3) is 0 Å². The van der Waals surface area contributed by atoms with Crippen LogP contribution in [0.15, 0.2) is 24.3 Å². The van der Waals surface area contributed by atoms with Gasteiger partial charge >= 0.3 is 0 Å². The minimum atomic E-state index is -0.116. The summed E-state index contributed by atoms with van der Waals surface area (Å²) in [6, 6.07) is 7.05. The molecule has 1 unspecified atom stereocenters. The molecule has 84 valence electrons. The van der Waals surface area contributed by atoms with Gasteiger partial charge in [0.1, 0.15) is 5.82 Å². The van der Waals surface area contributed by atoms with Gasteiger partial charge in [-0.3, -0.25) is 0 Å². The normalized spacial score (nSPS) is 13.1. The van der Waals surface area contributed by atoms with Gasteiger partial charge in [-0.05, 0) is 36.0 Å². The molecule has 0 aliphatic heterocycles. The first-order valence-electron chi connectivity index (χ1n) is 5.90. The van der Waals surface area contributed by atoms with Gasteiger partial charge in [-0.25, -0.2) is 4.39 Å². The van der Waals surface area contributed by atoms with Crippen LogP contribution in [0, 0.1) is 11.7 Å². The van der Waals surface area contributed by atoms with Crippen molar-refractivity contribution in [2.45, 2.75) is 46.0 Å². The molecule has 1 heteroatoms. The van der Waals surface area contributed by atoms with Gasteiger partial charge in [0.15, 0.2) is 0 Å². The van der Waals surface area contributed by atoms with Crippen molar-refractivity contribution in [2.24, 2.45) is 5.92 Å². The van der Waals surface area contributed by atoms with Gasteiger partial charge < -0.3 is 0 Å². The van der Waals surface area contributed by atoms with Crippen molar-refractivity contribution in [3.05, 3.63) is 35.6 Å². The Bertz CT molecular complexity index is 291. The highest BCUT2D eigenvalue weighted by Gasteiger charge is 2.15. The van der Waals surface area contributed by atoms with Crippen LogP contribution in [0.5, 0.6) is 0 Å². The van der Waals surface area contributed by atoms with Crippen molar-refractivity contribution in [3.63, 3.8) is 0 Å². The molecule has 0 heterocycles. The van der Waals surface area contributed by atoms with Crippen LogP contribution in [0.2, 0.25) is 0 Å². The Morgan fingerprint density at radius 2 is 2.00 bits per heavy atom. The van der Waals surface area contributed by atoms with E-state index in [1.807, 2.05) is 12.1 Å². The lowest BCUT2D eigenvalue weighted by Gasteiger charge is -2.21. The zero-order valence-electron chi connectivity index (χ0n) is 9.96. The van der Waals surface area contributed by atoms with Crippen molar-refractivity contribution in [3.8, 4) is 0 Å².